The summed E-state index contributed by atoms with van der Waals surface area (Å²) in [6, 6.07) is 9.97. The van der Waals surface area contributed by atoms with E-state index in [9.17, 15) is 4.79 Å². The Morgan fingerprint density at radius 3 is 2.29 bits per heavy atom. The highest BCUT2D eigenvalue weighted by atomic mass is 35.5. The van der Waals surface area contributed by atoms with Gasteiger partial charge < -0.3 is 14.2 Å². The van der Waals surface area contributed by atoms with Gasteiger partial charge in [0.25, 0.3) is 5.91 Å². The number of benzene rings is 2. The molecule has 0 aromatic heterocycles. The van der Waals surface area contributed by atoms with Crippen molar-refractivity contribution in [2.75, 3.05) is 21.3 Å². The van der Waals surface area contributed by atoms with Gasteiger partial charge in [-0.15, -0.1) is 0 Å². The number of methoxy groups -OCH3 is 3. The molecule has 0 aliphatic carbocycles. The highest BCUT2D eigenvalue weighted by molar-refractivity contribution is 6.30. The summed E-state index contributed by atoms with van der Waals surface area (Å²) < 4.78 is 15.8. The van der Waals surface area contributed by atoms with Crippen LogP contribution >= 0.6 is 11.6 Å². The molecule has 0 bridgehead atoms. The topological polar surface area (TPSA) is 69.2 Å². The maximum absolute atomic E-state index is 12.0. The first-order valence-corrected chi connectivity index (χ1v) is 7.35. The highest BCUT2D eigenvalue weighted by Gasteiger charge is 2.12. The van der Waals surface area contributed by atoms with Gasteiger partial charge in [0, 0.05) is 22.7 Å². The van der Waals surface area contributed by atoms with Gasteiger partial charge in [-0.2, -0.15) is 5.10 Å². The molecule has 0 saturated heterocycles. The number of carbonyl (C=O) groups is 1. The van der Waals surface area contributed by atoms with Gasteiger partial charge in [-0.1, -0.05) is 17.7 Å². The van der Waals surface area contributed by atoms with Crippen molar-refractivity contribution in [3.05, 3.63) is 52.5 Å². The number of hydrogen-bond acceptors (Lipinski definition) is 5. The third-order valence-electron chi connectivity index (χ3n) is 3.20. The van der Waals surface area contributed by atoms with Gasteiger partial charge in [-0.05, 0) is 18.2 Å². The molecule has 7 heteroatoms. The first-order chi connectivity index (χ1) is 11.6. The summed E-state index contributed by atoms with van der Waals surface area (Å²) in [7, 11) is 4.60. The number of carbonyl (C=O) groups excluding carboxylic acids is 1. The molecule has 2 rings (SSSR count). The van der Waals surface area contributed by atoms with Gasteiger partial charge >= 0.3 is 0 Å². The second-order valence-corrected chi connectivity index (χ2v) is 5.09. The van der Waals surface area contributed by atoms with Crippen LogP contribution in [0.5, 0.6) is 17.2 Å². The Kier molecular flexibility index (Phi) is 6.03. The van der Waals surface area contributed by atoms with Crippen LogP contribution in [0.1, 0.15) is 15.9 Å². The normalized spacial score (nSPS) is 10.5. The molecule has 0 aliphatic rings. The third-order valence-corrected chi connectivity index (χ3v) is 3.43. The van der Waals surface area contributed by atoms with Gasteiger partial charge in [0.05, 0.1) is 33.1 Å². The Bertz CT molecular complexity index is 737. The molecule has 1 N–H and O–H groups in total. The molecule has 2 aromatic rings. The number of rotatable bonds is 6. The molecule has 0 aliphatic heterocycles. The standard InChI is InChI=1S/C17H17ClN2O4/c1-22-13-8-15(23-2)14(16(9-13)24-3)10-19-20-17(21)11-5-4-6-12(18)7-11/h4-10H,1-3H3,(H,20,21)/b19-10-. The lowest BCUT2D eigenvalue weighted by atomic mass is 10.2. The minimum Gasteiger partial charge on any atom is -0.496 e. The zero-order valence-corrected chi connectivity index (χ0v) is 14.3. The van der Waals surface area contributed by atoms with Crippen LogP contribution in [0.25, 0.3) is 0 Å². The Morgan fingerprint density at radius 2 is 1.75 bits per heavy atom. The van der Waals surface area contributed by atoms with Crippen molar-refractivity contribution in [2.45, 2.75) is 0 Å². The first kappa shape index (κ1) is 17.6. The molecule has 0 saturated carbocycles. The number of hydrazone groups is 1. The number of hydrogen-bond donors (Lipinski definition) is 1. The fourth-order valence-corrected chi connectivity index (χ4v) is 2.20. The van der Waals surface area contributed by atoms with Crippen LogP contribution < -0.4 is 19.6 Å². The lowest BCUT2D eigenvalue weighted by Crippen LogP contribution is -2.17. The maximum atomic E-state index is 12.0. The van der Waals surface area contributed by atoms with E-state index >= 15 is 0 Å². The summed E-state index contributed by atoms with van der Waals surface area (Å²) in [6.45, 7) is 0. The smallest absolute Gasteiger partial charge is 0.271 e. The summed E-state index contributed by atoms with van der Waals surface area (Å²) in [5.41, 5.74) is 3.42. The van der Waals surface area contributed by atoms with E-state index in [-0.39, 0.29) is 5.91 Å². The molecule has 0 fully saturated rings. The Morgan fingerprint density at radius 1 is 1.08 bits per heavy atom. The van der Waals surface area contributed by atoms with Crippen LogP contribution in [-0.4, -0.2) is 33.5 Å². The van der Waals surface area contributed by atoms with E-state index in [4.69, 9.17) is 25.8 Å². The van der Waals surface area contributed by atoms with Gasteiger partial charge in [0.2, 0.25) is 0 Å². The molecule has 0 radical (unpaired) electrons. The van der Waals surface area contributed by atoms with Crippen molar-refractivity contribution in [3.8, 4) is 17.2 Å². The average molecular weight is 349 g/mol. The fourth-order valence-electron chi connectivity index (χ4n) is 2.01. The van der Waals surface area contributed by atoms with E-state index in [0.717, 1.165) is 0 Å². The van der Waals surface area contributed by atoms with E-state index in [2.05, 4.69) is 10.5 Å². The van der Waals surface area contributed by atoms with Crippen LogP contribution in [0.3, 0.4) is 0 Å². The molecule has 24 heavy (non-hydrogen) atoms. The fraction of sp³-hybridized carbons (Fsp3) is 0.176. The van der Waals surface area contributed by atoms with Gasteiger partial charge in [0.1, 0.15) is 17.2 Å². The molecule has 1 amide bonds. The number of nitrogens with one attached hydrogen (secondary N) is 1. The number of halogens is 1. The highest BCUT2D eigenvalue weighted by Crippen LogP contribution is 2.32. The van der Waals surface area contributed by atoms with Crippen LogP contribution in [-0.2, 0) is 0 Å². The summed E-state index contributed by atoms with van der Waals surface area (Å²) in [5.74, 6) is 1.22. The average Bonchev–Trinajstić information content (AvgIpc) is 2.61. The lowest BCUT2D eigenvalue weighted by Gasteiger charge is -2.12. The summed E-state index contributed by atoms with van der Waals surface area (Å²) in [6.07, 6.45) is 1.44. The molecule has 0 atom stereocenters. The largest absolute Gasteiger partial charge is 0.496 e. The minimum absolute atomic E-state index is 0.375. The van der Waals surface area contributed by atoms with Gasteiger partial charge in [0.15, 0.2) is 0 Å². The summed E-state index contributed by atoms with van der Waals surface area (Å²) >= 11 is 5.86. The molecule has 0 heterocycles. The van der Waals surface area contributed by atoms with Crippen molar-refractivity contribution in [1.82, 2.24) is 5.43 Å². The molecular formula is C17H17ClN2O4. The van der Waals surface area contributed by atoms with E-state index in [1.807, 2.05) is 0 Å². The quantitative estimate of drug-likeness (QED) is 0.643. The summed E-state index contributed by atoms with van der Waals surface area (Å²) in [4.78, 5) is 12.0. The van der Waals surface area contributed by atoms with Crippen LogP contribution in [0.2, 0.25) is 5.02 Å². The SMILES string of the molecule is COc1cc(OC)c(/C=N\NC(=O)c2cccc(Cl)c2)c(OC)c1. The minimum atomic E-state index is -0.375. The maximum Gasteiger partial charge on any atom is 0.271 e. The lowest BCUT2D eigenvalue weighted by molar-refractivity contribution is 0.0955. The van der Waals surface area contributed by atoms with Crippen molar-refractivity contribution in [3.63, 3.8) is 0 Å². The Labute approximate surface area is 145 Å². The molecule has 0 unspecified atom stereocenters. The monoisotopic (exact) mass is 348 g/mol. The number of amides is 1. The van der Waals surface area contributed by atoms with E-state index in [1.54, 1.807) is 43.5 Å². The predicted molar refractivity (Wildman–Crippen MR) is 92.6 cm³/mol. The van der Waals surface area contributed by atoms with E-state index in [0.29, 0.717) is 33.4 Å². The molecule has 2 aromatic carbocycles. The van der Waals surface area contributed by atoms with Crippen molar-refractivity contribution >= 4 is 23.7 Å². The number of ether oxygens (including phenoxy) is 3. The molecule has 126 valence electrons. The van der Waals surface area contributed by atoms with E-state index < -0.39 is 0 Å². The second-order valence-electron chi connectivity index (χ2n) is 4.66. The Hall–Kier alpha value is -2.73. The van der Waals surface area contributed by atoms with Gasteiger partial charge in [-0.25, -0.2) is 5.43 Å². The van der Waals surface area contributed by atoms with Gasteiger partial charge in [-0.3, -0.25) is 4.79 Å². The number of nitrogens with zero attached hydrogens (tertiary/aromatic N) is 1. The van der Waals surface area contributed by atoms with Crippen LogP contribution in [0, 0.1) is 0 Å². The zero-order valence-electron chi connectivity index (χ0n) is 13.5. The molecular weight excluding hydrogens is 332 g/mol. The van der Waals surface area contributed by atoms with Crippen LogP contribution in [0.15, 0.2) is 41.5 Å². The van der Waals surface area contributed by atoms with E-state index in [1.165, 1.54) is 20.4 Å². The predicted octanol–water partition coefficient (Wildman–Crippen LogP) is 3.13. The zero-order chi connectivity index (χ0) is 17.5. The van der Waals surface area contributed by atoms with Crippen molar-refractivity contribution in [1.29, 1.82) is 0 Å². The third kappa shape index (κ3) is 4.17. The molecule has 0 spiro atoms. The van der Waals surface area contributed by atoms with Crippen LogP contribution in [0.4, 0.5) is 0 Å². The first-order valence-electron chi connectivity index (χ1n) is 6.98. The molecule has 6 nitrogen and oxygen atoms in total. The Balaban J connectivity index is 2.21. The summed E-state index contributed by atoms with van der Waals surface area (Å²) in [5, 5.41) is 4.43. The van der Waals surface area contributed by atoms with Crippen molar-refractivity contribution < 1.29 is 19.0 Å². The second kappa shape index (κ2) is 8.21. The van der Waals surface area contributed by atoms with Crippen molar-refractivity contribution in [2.24, 2.45) is 5.10 Å².